The number of hydrogen-bond donors (Lipinski definition) is 0. The summed E-state index contributed by atoms with van der Waals surface area (Å²) in [7, 11) is 1.52. The normalized spacial score (nSPS) is 16.3. The van der Waals surface area contributed by atoms with E-state index in [1.165, 1.54) is 29.8 Å². The fraction of sp³-hybridized carbons (Fsp3) is 0.179. The average Bonchev–Trinajstić information content (AvgIpc) is 3.28. The van der Waals surface area contributed by atoms with Crippen LogP contribution in [0.1, 0.15) is 12.5 Å². The van der Waals surface area contributed by atoms with Crippen molar-refractivity contribution in [2.45, 2.75) is 12.2 Å². The molecule has 1 aliphatic heterocycles. The van der Waals surface area contributed by atoms with Crippen molar-refractivity contribution in [3.8, 4) is 24.0 Å². The minimum Gasteiger partial charge on any atom is -0.497 e. The molecule has 1 fully saturated rings. The highest BCUT2D eigenvalue weighted by Crippen LogP contribution is 2.48. The molecule has 0 spiro atoms. The minimum absolute atomic E-state index is 0.0570. The van der Waals surface area contributed by atoms with Crippen LogP contribution < -0.4 is 9.64 Å². The lowest BCUT2D eigenvalue weighted by Crippen LogP contribution is -2.30. The highest BCUT2D eigenvalue weighted by Gasteiger charge is 2.43. The molecule has 1 saturated heterocycles. The zero-order valence-electron chi connectivity index (χ0n) is 21.1. The Balaban J connectivity index is 2.31. The Hall–Kier alpha value is -3.95. The number of nitrogens with zero attached hydrogens (tertiary/aromatic N) is 4. The third kappa shape index (κ3) is 6.55. The van der Waals surface area contributed by atoms with Gasteiger partial charge in [-0.15, -0.1) is 11.8 Å². The van der Waals surface area contributed by atoms with E-state index in [9.17, 15) is 25.4 Å². The lowest BCUT2D eigenvalue weighted by Gasteiger charge is -2.19. The number of allylic oxidation sites excluding steroid dienone is 3. The molecule has 2 aromatic carbocycles. The van der Waals surface area contributed by atoms with Gasteiger partial charge in [0.1, 0.15) is 39.8 Å². The topological polar surface area (TPSA) is 127 Å². The molecule has 196 valence electrons. The van der Waals surface area contributed by atoms with Gasteiger partial charge in [0.05, 0.1) is 13.7 Å². The number of carbonyl (C=O) groups is 2. The van der Waals surface area contributed by atoms with E-state index in [0.717, 1.165) is 16.2 Å². The fourth-order valence-corrected chi connectivity index (χ4v) is 6.27. The molecule has 1 atom stereocenters. The van der Waals surface area contributed by atoms with E-state index in [1.54, 1.807) is 49.6 Å². The standard InChI is InChI=1S/C28H21BrN4O4S2/c1-4-37-28(35)23(16-32)27-33(20-9-11-21(36-2)12-10-20)26(34)25(39-27)24(38-3)22(13-17(14-30)15-31)18-5-7-19(29)8-6-18/h5-13,25H,4H2,1-3H3. The lowest BCUT2D eigenvalue weighted by molar-refractivity contribution is -0.138. The molecule has 0 radical (unpaired) electrons. The van der Waals surface area contributed by atoms with E-state index in [-0.39, 0.29) is 22.8 Å². The largest absolute Gasteiger partial charge is 0.497 e. The number of carbonyl (C=O) groups excluding carboxylic acids is 2. The van der Waals surface area contributed by atoms with Crippen molar-refractivity contribution in [3.63, 3.8) is 0 Å². The number of methoxy groups -OCH3 is 1. The van der Waals surface area contributed by atoms with E-state index < -0.39 is 17.1 Å². The number of halogens is 1. The number of hydrogen-bond acceptors (Lipinski definition) is 9. The van der Waals surface area contributed by atoms with Gasteiger partial charge >= 0.3 is 5.97 Å². The van der Waals surface area contributed by atoms with Crippen molar-refractivity contribution in [2.75, 3.05) is 24.9 Å². The highest BCUT2D eigenvalue weighted by atomic mass is 79.9. The first kappa shape index (κ1) is 29.6. The lowest BCUT2D eigenvalue weighted by atomic mass is 10.0. The third-order valence-corrected chi connectivity index (χ3v) is 8.28. The fourth-order valence-electron chi connectivity index (χ4n) is 3.65. The van der Waals surface area contributed by atoms with E-state index >= 15 is 0 Å². The summed E-state index contributed by atoms with van der Waals surface area (Å²) >= 11 is 5.73. The second-order valence-electron chi connectivity index (χ2n) is 7.65. The Morgan fingerprint density at radius 1 is 1.10 bits per heavy atom. The van der Waals surface area contributed by atoms with Crippen LogP contribution in [0, 0.1) is 34.0 Å². The molecule has 8 nitrogen and oxygen atoms in total. The summed E-state index contributed by atoms with van der Waals surface area (Å²) in [4.78, 5) is 28.6. The molecule has 2 aromatic rings. The molecular weight excluding hydrogens is 600 g/mol. The molecule has 0 N–H and O–H groups in total. The van der Waals surface area contributed by atoms with Crippen molar-refractivity contribution < 1.29 is 19.1 Å². The van der Waals surface area contributed by atoms with E-state index in [2.05, 4.69) is 15.9 Å². The molecule has 1 heterocycles. The molecule has 11 heteroatoms. The summed E-state index contributed by atoms with van der Waals surface area (Å²) in [6.45, 7) is 1.68. The van der Waals surface area contributed by atoms with Crippen LogP contribution in [0.25, 0.3) is 5.57 Å². The second kappa shape index (κ2) is 13.7. The Morgan fingerprint density at radius 2 is 1.74 bits per heavy atom. The summed E-state index contributed by atoms with van der Waals surface area (Å²) in [6.07, 6.45) is 3.23. The maximum absolute atomic E-state index is 14.1. The quantitative estimate of drug-likeness (QED) is 0.152. The van der Waals surface area contributed by atoms with E-state index in [4.69, 9.17) is 9.47 Å². The molecule has 0 saturated carbocycles. The summed E-state index contributed by atoms with van der Waals surface area (Å²) in [5.74, 6) is -0.674. The SMILES string of the molecule is CCOC(=O)C(C#N)=C1SC(C(SC)=C(C=C(C#N)C#N)c2ccc(Br)cc2)C(=O)N1c1ccc(OC)cc1. The number of thioether (sulfide) groups is 2. The van der Waals surface area contributed by atoms with Crippen LogP contribution in [0.4, 0.5) is 5.69 Å². The molecule has 39 heavy (non-hydrogen) atoms. The predicted molar refractivity (Wildman–Crippen MR) is 155 cm³/mol. The van der Waals surface area contributed by atoms with Crippen molar-refractivity contribution >= 4 is 62.6 Å². The molecular formula is C28H21BrN4O4S2. The number of ether oxygens (including phenoxy) is 2. The highest BCUT2D eigenvalue weighted by molar-refractivity contribution is 9.10. The molecule has 3 rings (SSSR count). The first-order chi connectivity index (χ1) is 18.8. The molecule has 1 amide bonds. The maximum Gasteiger partial charge on any atom is 0.351 e. The first-order valence-corrected chi connectivity index (χ1v) is 14.2. The van der Waals surface area contributed by atoms with Gasteiger partial charge in [0.15, 0.2) is 5.57 Å². The van der Waals surface area contributed by atoms with Crippen LogP contribution in [0.3, 0.4) is 0 Å². The molecule has 0 bridgehead atoms. The van der Waals surface area contributed by atoms with E-state index in [0.29, 0.717) is 27.5 Å². The van der Waals surface area contributed by atoms with Gasteiger partial charge in [-0.3, -0.25) is 9.69 Å². The van der Waals surface area contributed by atoms with Crippen molar-refractivity contribution in [3.05, 3.63) is 85.7 Å². The third-order valence-electron chi connectivity index (χ3n) is 5.42. The van der Waals surface area contributed by atoms with Crippen LogP contribution in [-0.4, -0.2) is 37.1 Å². The average molecular weight is 622 g/mol. The molecule has 0 aliphatic carbocycles. The van der Waals surface area contributed by atoms with Crippen LogP contribution >= 0.6 is 39.5 Å². The van der Waals surface area contributed by atoms with Crippen LogP contribution in [0.15, 0.2) is 80.2 Å². The van der Waals surface area contributed by atoms with Gasteiger partial charge in [-0.25, -0.2) is 4.79 Å². The van der Waals surface area contributed by atoms with Gasteiger partial charge in [0.25, 0.3) is 5.91 Å². The number of anilines is 1. The Kier molecular flexibility index (Phi) is 10.4. The molecule has 0 aromatic heterocycles. The van der Waals surface area contributed by atoms with Crippen LogP contribution in [-0.2, 0) is 14.3 Å². The predicted octanol–water partition coefficient (Wildman–Crippen LogP) is 5.95. The minimum atomic E-state index is -0.886. The summed E-state index contributed by atoms with van der Waals surface area (Å²) in [5, 5.41) is 28.1. The van der Waals surface area contributed by atoms with Crippen molar-refractivity contribution in [1.29, 1.82) is 15.8 Å². The van der Waals surface area contributed by atoms with Gasteiger partial charge in [-0.1, -0.05) is 39.8 Å². The summed E-state index contributed by atoms with van der Waals surface area (Å²) in [6, 6.07) is 19.5. The number of amides is 1. The maximum atomic E-state index is 14.1. The first-order valence-electron chi connectivity index (χ1n) is 11.4. The summed E-state index contributed by atoms with van der Waals surface area (Å²) < 4.78 is 11.2. The monoisotopic (exact) mass is 620 g/mol. The van der Waals surface area contributed by atoms with Gasteiger partial charge in [0, 0.05) is 15.1 Å². The van der Waals surface area contributed by atoms with Crippen LogP contribution in [0.2, 0.25) is 0 Å². The van der Waals surface area contributed by atoms with Gasteiger partial charge in [-0.2, -0.15) is 15.8 Å². The van der Waals surface area contributed by atoms with Crippen LogP contribution in [0.5, 0.6) is 5.75 Å². The Bertz CT molecular complexity index is 1480. The van der Waals surface area contributed by atoms with Gasteiger partial charge < -0.3 is 9.47 Å². The molecule has 1 unspecified atom stereocenters. The Morgan fingerprint density at radius 3 is 2.26 bits per heavy atom. The number of esters is 1. The number of nitriles is 3. The number of benzene rings is 2. The van der Waals surface area contributed by atoms with E-state index in [1.807, 2.05) is 30.3 Å². The van der Waals surface area contributed by atoms with Gasteiger partial charge in [0.2, 0.25) is 0 Å². The van der Waals surface area contributed by atoms with Gasteiger partial charge in [-0.05, 0) is 66.8 Å². The van der Waals surface area contributed by atoms with Crippen molar-refractivity contribution in [2.24, 2.45) is 0 Å². The smallest absolute Gasteiger partial charge is 0.351 e. The zero-order valence-corrected chi connectivity index (χ0v) is 24.3. The number of rotatable bonds is 8. The van der Waals surface area contributed by atoms with Crippen molar-refractivity contribution in [1.82, 2.24) is 0 Å². The zero-order chi connectivity index (χ0) is 28.5. The second-order valence-corrected chi connectivity index (χ2v) is 10.5. The Labute approximate surface area is 243 Å². The summed E-state index contributed by atoms with van der Waals surface area (Å²) in [5.41, 5.74) is 1.17. The molecule has 1 aliphatic rings.